The lowest BCUT2D eigenvalue weighted by Crippen LogP contribution is -2.34. The van der Waals surface area contributed by atoms with Crippen molar-refractivity contribution in [1.29, 1.82) is 0 Å². The van der Waals surface area contributed by atoms with Crippen LogP contribution >= 0.6 is 0 Å². The molecular weight excluding hydrogens is 524 g/mol. The fourth-order valence-corrected chi connectivity index (χ4v) is 5.55. The number of rotatable bonds is 9. The van der Waals surface area contributed by atoms with Gasteiger partial charge in [-0.25, -0.2) is 13.1 Å². The molecule has 1 aliphatic rings. The van der Waals surface area contributed by atoms with Crippen LogP contribution in [0.25, 0.3) is 17.0 Å². The molecule has 2 aromatic carbocycles. The summed E-state index contributed by atoms with van der Waals surface area (Å²) in [5, 5.41) is 12.9. The first kappa shape index (κ1) is 26.4. The van der Waals surface area contributed by atoms with Crippen LogP contribution in [0.1, 0.15) is 18.9 Å². The summed E-state index contributed by atoms with van der Waals surface area (Å²) in [5.74, 6) is 1.84. The minimum Gasteiger partial charge on any atom is -0.497 e. The number of carbonyl (C=O) groups is 1. The summed E-state index contributed by atoms with van der Waals surface area (Å²) in [5.41, 5.74) is 2.77. The van der Waals surface area contributed by atoms with E-state index in [9.17, 15) is 13.2 Å². The zero-order valence-electron chi connectivity index (χ0n) is 21.7. The molecular formula is C26H28N6O6S. The molecule has 1 N–H and O–H groups in total. The van der Waals surface area contributed by atoms with Gasteiger partial charge in [0.25, 0.3) is 0 Å². The van der Waals surface area contributed by atoms with Crippen LogP contribution in [-0.2, 0) is 21.2 Å². The quantitative estimate of drug-likeness (QED) is 0.310. The van der Waals surface area contributed by atoms with Gasteiger partial charge in [-0.05, 0) is 54.8 Å². The minimum atomic E-state index is -3.77. The monoisotopic (exact) mass is 552 g/mol. The predicted octanol–water partition coefficient (Wildman–Crippen LogP) is 2.46. The zero-order chi connectivity index (χ0) is 27.6. The third kappa shape index (κ3) is 5.36. The van der Waals surface area contributed by atoms with Crippen molar-refractivity contribution in [3.63, 3.8) is 0 Å². The maximum absolute atomic E-state index is 12.9. The van der Waals surface area contributed by atoms with Gasteiger partial charge in [0.1, 0.15) is 18.1 Å². The number of nitrogens with one attached hydrogen (secondary N) is 1. The van der Waals surface area contributed by atoms with E-state index in [-0.39, 0.29) is 29.8 Å². The Morgan fingerprint density at radius 1 is 1.05 bits per heavy atom. The number of hydrogen-bond donors (Lipinski definition) is 1. The molecule has 0 saturated carbocycles. The van der Waals surface area contributed by atoms with Crippen LogP contribution < -0.4 is 23.8 Å². The van der Waals surface area contributed by atoms with Crippen molar-refractivity contribution in [2.24, 2.45) is 0 Å². The van der Waals surface area contributed by atoms with Gasteiger partial charge in [-0.15, -0.1) is 15.3 Å². The number of carbonyl (C=O) groups excluding carboxylic acids is 1. The van der Waals surface area contributed by atoms with E-state index in [4.69, 9.17) is 14.2 Å². The van der Waals surface area contributed by atoms with Crippen LogP contribution in [-0.4, -0.2) is 68.1 Å². The molecule has 0 atom stereocenters. The fourth-order valence-electron chi connectivity index (χ4n) is 4.48. The van der Waals surface area contributed by atoms with Crippen molar-refractivity contribution in [3.8, 4) is 28.8 Å². The number of fused-ring (bicyclic) bond motifs is 2. The molecule has 5 rings (SSSR count). The van der Waals surface area contributed by atoms with Crippen molar-refractivity contribution in [3.05, 3.63) is 54.1 Å². The Morgan fingerprint density at radius 3 is 2.67 bits per heavy atom. The Morgan fingerprint density at radius 2 is 1.90 bits per heavy atom. The Bertz CT molecular complexity index is 1640. The van der Waals surface area contributed by atoms with E-state index in [1.165, 1.54) is 17.5 Å². The summed E-state index contributed by atoms with van der Waals surface area (Å²) >= 11 is 0. The number of nitrogens with zero attached hydrogens (tertiary/aromatic N) is 5. The van der Waals surface area contributed by atoms with Crippen molar-refractivity contribution in [1.82, 2.24) is 24.5 Å². The number of ether oxygens (including phenoxy) is 3. The maximum Gasteiger partial charge on any atom is 0.240 e. The largest absolute Gasteiger partial charge is 0.497 e. The van der Waals surface area contributed by atoms with E-state index >= 15 is 0 Å². The van der Waals surface area contributed by atoms with Crippen LogP contribution in [0.5, 0.6) is 17.4 Å². The summed E-state index contributed by atoms with van der Waals surface area (Å²) in [4.78, 5) is 13.7. The van der Waals surface area contributed by atoms with Crippen molar-refractivity contribution in [2.45, 2.75) is 24.7 Å². The van der Waals surface area contributed by atoms with E-state index in [2.05, 4.69) is 20.0 Å². The van der Waals surface area contributed by atoms with E-state index in [0.717, 1.165) is 17.7 Å². The van der Waals surface area contributed by atoms with E-state index in [0.29, 0.717) is 41.5 Å². The van der Waals surface area contributed by atoms with Crippen LogP contribution in [0.15, 0.2) is 53.4 Å². The first-order valence-corrected chi connectivity index (χ1v) is 13.8. The molecule has 2 aromatic heterocycles. The Balaban J connectivity index is 1.26. The van der Waals surface area contributed by atoms with Crippen LogP contribution in [0.2, 0.25) is 0 Å². The van der Waals surface area contributed by atoms with Crippen LogP contribution in [0, 0.1) is 0 Å². The first-order chi connectivity index (χ1) is 18.8. The van der Waals surface area contributed by atoms with Gasteiger partial charge >= 0.3 is 0 Å². The molecule has 204 valence electrons. The molecule has 4 aromatic rings. The van der Waals surface area contributed by atoms with Crippen molar-refractivity contribution >= 4 is 27.3 Å². The fraction of sp³-hybridized carbons (Fsp3) is 0.308. The van der Waals surface area contributed by atoms with E-state index in [1.807, 2.05) is 0 Å². The number of aryl methyl sites for hydroxylation is 1. The smallest absolute Gasteiger partial charge is 0.240 e. The van der Waals surface area contributed by atoms with E-state index < -0.39 is 10.0 Å². The lowest BCUT2D eigenvalue weighted by molar-refractivity contribution is -0.116. The summed E-state index contributed by atoms with van der Waals surface area (Å²) in [6.07, 6.45) is 1.50. The van der Waals surface area contributed by atoms with Gasteiger partial charge in [-0.1, -0.05) is 0 Å². The normalized spacial score (nSPS) is 13.3. The topological polar surface area (TPSA) is 137 Å². The summed E-state index contributed by atoms with van der Waals surface area (Å²) in [6.45, 7) is 2.21. The molecule has 0 aliphatic carbocycles. The molecule has 0 saturated heterocycles. The molecule has 0 fully saturated rings. The number of sulfonamides is 1. The Hall–Kier alpha value is -4.23. The molecule has 0 spiro atoms. The molecule has 12 nitrogen and oxygen atoms in total. The average molecular weight is 553 g/mol. The lowest BCUT2D eigenvalue weighted by atomic mass is 10.0. The molecule has 39 heavy (non-hydrogen) atoms. The second kappa shape index (κ2) is 10.9. The van der Waals surface area contributed by atoms with Gasteiger partial charge in [0, 0.05) is 37.8 Å². The molecule has 1 aliphatic heterocycles. The molecule has 0 unspecified atom stereocenters. The van der Waals surface area contributed by atoms with Gasteiger partial charge in [-0.2, -0.15) is 4.52 Å². The zero-order valence-corrected chi connectivity index (χ0v) is 22.6. The highest BCUT2D eigenvalue weighted by Crippen LogP contribution is 2.32. The number of aromatic nitrogens is 4. The van der Waals surface area contributed by atoms with Crippen LogP contribution in [0.4, 0.5) is 5.69 Å². The Labute approximate surface area is 225 Å². The number of methoxy groups -OCH3 is 2. The van der Waals surface area contributed by atoms with Gasteiger partial charge in [-0.3, -0.25) is 4.79 Å². The summed E-state index contributed by atoms with van der Waals surface area (Å²) in [7, 11) is -0.648. The SMILES string of the molecule is COc1ccc(-c2nnc3ccc(OCCNS(=O)(=O)c4ccc5c(c4)CCCN5C(C)=O)nn23)c(OC)c1. The molecule has 0 bridgehead atoms. The second-order valence-electron chi connectivity index (χ2n) is 8.84. The van der Waals surface area contributed by atoms with Crippen molar-refractivity contribution in [2.75, 3.05) is 38.8 Å². The highest BCUT2D eigenvalue weighted by atomic mass is 32.2. The number of anilines is 1. The molecule has 13 heteroatoms. The third-order valence-corrected chi connectivity index (χ3v) is 7.85. The van der Waals surface area contributed by atoms with Gasteiger partial charge < -0.3 is 19.1 Å². The Kier molecular flexibility index (Phi) is 7.35. The third-order valence-electron chi connectivity index (χ3n) is 6.39. The average Bonchev–Trinajstić information content (AvgIpc) is 3.37. The molecule has 3 heterocycles. The molecule has 0 radical (unpaired) electrons. The highest BCUT2D eigenvalue weighted by Gasteiger charge is 2.23. The summed E-state index contributed by atoms with van der Waals surface area (Å²) < 4.78 is 46.3. The number of hydrogen-bond acceptors (Lipinski definition) is 9. The maximum atomic E-state index is 12.9. The first-order valence-electron chi connectivity index (χ1n) is 12.3. The minimum absolute atomic E-state index is 0.0278. The lowest BCUT2D eigenvalue weighted by Gasteiger charge is -2.28. The van der Waals surface area contributed by atoms with Gasteiger partial charge in [0.2, 0.25) is 21.8 Å². The highest BCUT2D eigenvalue weighted by molar-refractivity contribution is 7.89. The number of benzene rings is 2. The predicted molar refractivity (Wildman–Crippen MR) is 143 cm³/mol. The summed E-state index contributed by atoms with van der Waals surface area (Å²) in [6, 6.07) is 13.5. The number of amides is 1. The standard InChI is InChI=1S/C26H28N6O6S/c1-17(33)31-13-4-5-18-15-20(7-9-22(18)31)39(34,35)27-12-14-38-25-11-10-24-28-29-26(32(24)30-25)21-8-6-19(36-2)16-23(21)37-3/h6-11,15-16,27H,4-5,12-14H2,1-3H3. The second-order valence-corrected chi connectivity index (χ2v) is 10.6. The van der Waals surface area contributed by atoms with E-state index in [1.54, 1.807) is 61.6 Å². The van der Waals surface area contributed by atoms with Crippen LogP contribution in [0.3, 0.4) is 0 Å². The van der Waals surface area contributed by atoms with Gasteiger partial charge in [0.15, 0.2) is 11.5 Å². The van der Waals surface area contributed by atoms with Crippen molar-refractivity contribution < 1.29 is 27.4 Å². The molecule has 1 amide bonds. The van der Waals surface area contributed by atoms with Gasteiger partial charge in [0.05, 0.1) is 24.7 Å².